The van der Waals surface area contributed by atoms with Crippen molar-refractivity contribution in [1.82, 2.24) is 19.9 Å². The summed E-state index contributed by atoms with van der Waals surface area (Å²) in [4.78, 5) is 4.43. The molecule has 8 heteroatoms. The quantitative estimate of drug-likeness (QED) is 0.689. The van der Waals surface area contributed by atoms with Gasteiger partial charge in [0.2, 0.25) is 5.16 Å². The third-order valence-corrected chi connectivity index (χ3v) is 4.97. The molecule has 3 heterocycles. The molecule has 0 amide bonds. The summed E-state index contributed by atoms with van der Waals surface area (Å²) in [5.74, 6) is 7.56. The Kier molecular flexibility index (Phi) is 4.23. The van der Waals surface area contributed by atoms with Crippen LogP contribution in [0.1, 0.15) is 41.9 Å². The van der Waals surface area contributed by atoms with Crippen molar-refractivity contribution in [1.29, 1.82) is 0 Å². The van der Waals surface area contributed by atoms with Gasteiger partial charge in [0.15, 0.2) is 5.82 Å². The van der Waals surface area contributed by atoms with Crippen LogP contribution in [0.4, 0.5) is 0 Å². The average molecular weight is 311 g/mol. The lowest BCUT2D eigenvalue weighted by Crippen LogP contribution is -2.21. The summed E-state index contributed by atoms with van der Waals surface area (Å²) >= 11 is 3.20. The third-order valence-electron chi connectivity index (χ3n) is 3.17. The van der Waals surface area contributed by atoms with Gasteiger partial charge in [-0.2, -0.15) is 0 Å². The minimum Gasteiger partial charge on any atom is -0.370 e. The van der Waals surface area contributed by atoms with Crippen LogP contribution in [0.2, 0.25) is 0 Å². The number of hydrogen-bond donors (Lipinski definition) is 1. The second kappa shape index (κ2) is 6.11. The zero-order chi connectivity index (χ0) is 13.9. The molecule has 0 spiro atoms. The fourth-order valence-corrected chi connectivity index (χ4v) is 3.64. The van der Waals surface area contributed by atoms with Crippen LogP contribution in [0.15, 0.2) is 10.5 Å². The number of ether oxygens (including phenoxy) is 1. The van der Waals surface area contributed by atoms with E-state index in [4.69, 9.17) is 10.6 Å². The monoisotopic (exact) mass is 311 g/mol. The summed E-state index contributed by atoms with van der Waals surface area (Å²) in [6.45, 7) is 2.78. The van der Waals surface area contributed by atoms with E-state index in [0.717, 1.165) is 48.1 Å². The highest BCUT2D eigenvalue weighted by Crippen LogP contribution is 2.28. The molecule has 2 aromatic heterocycles. The van der Waals surface area contributed by atoms with E-state index in [9.17, 15) is 0 Å². The van der Waals surface area contributed by atoms with Crippen molar-refractivity contribution < 1.29 is 4.74 Å². The van der Waals surface area contributed by atoms with Gasteiger partial charge >= 0.3 is 0 Å². The highest BCUT2D eigenvalue weighted by atomic mass is 32.2. The lowest BCUT2D eigenvalue weighted by Gasteiger charge is -2.21. The van der Waals surface area contributed by atoms with Crippen LogP contribution >= 0.6 is 23.1 Å². The molecule has 1 aliphatic rings. The first kappa shape index (κ1) is 13.8. The Hall–Kier alpha value is -1.12. The van der Waals surface area contributed by atoms with Crippen molar-refractivity contribution >= 4 is 23.1 Å². The number of nitrogen functional groups attached to an aromatic ring is 1. The van der Waals surface area contributed by atoms with Gasteiger partial charge in [-0.15, -0.1) is 21.5 Å². The van der Waals surface area contributed by atoms with Gasteiger partial charge in [0.25, 0.3) is 0 Å². The summed E-state index contributed by atoms with van der Waals surface area (Å²) in [7, 11) is 0. The standard InChI is InChI=1S/C12H17N5OS2/c1-8-14-9(6-19-8)7-20-12-16-15-11(17(12)13)10-4-2-3-5-18-10/h6,10H,2-5,7,13H2,1H3/t10-/m0/s1. The fraction of sp³-hybridized carbons (Fsp3) is 0.583. The maximum atomic E-state index is 6.08. The van der Waals surface area contributed by atoms with Gasteiger partial charge in [0, 0.05) is 17.7 Å². The Balaban J connectivity index is 1.66. The highest BCUT2D eigenvalue weighted by molar-refractivity contribution is 7.98. The van der Waals surface area contributed by atoms with Gasteiger partial charge < -0.3 is 10.6 Å². The Morgan fingerprint density at radius 3 is 3.10 bits per heavy atom. The molecule has 3 rings (SSSR count). The summed E-state index contributed by atoms with van der Waals surface area (Å²) in [6, 6.07) is 0. The molecule has 108 valence electrons. The minimum atomic E-state index is -0.0166. The molecular formula is C12H17N5OS2. The summed E-state index contributed by atoms with van der Waals surface area (Å²) < 4.78 is 7.26. The molecular weight excluding hydrogens is 294 g/mol. The Labute approximate surface area is 125 Å². The van der Waals surface area contributed by atoms with Crippen LogP contribution in [0.25, 0.3) is 0 Å². The second-order valence-electron chi connectivity index (χ2n) is 4.71. The van der Waals surface area contributed by atoms with E-state index in [1.54, 1.807) is 27.8 Å². The first-order valence-electron chi connectivity index (χ1n) is 6.60. The van der Waals surface area contributed by atoms with E-state index in [2.05, 4.69) is 20.6 Å². The number of aromatic nitrogens is 4. The third kappa shape index (κ3) is 2.97. The lowest BCUT2D eigenvalue weighted by atomic mass is 10.1. The molecule has 0 radical (unpaired) electrons. The van der Waals surface area contributed by atoms with Crippen LogP contribution in [0.3, 0.4) is 0 Å². The maximum Gasteiger partial charge on any atom is 0.210 e. The number of thioether (sulfide) groups is 1. The molecule has 1 fully saturated rings. The van der Waals surface area contributed by atoms with Crippen molar-refractivity contribution in [2.24, 2.45) is 0 Å². The van der Waals surface area contributed by atoms with Gasteiger partial charge in [0.05, 0.1) is 10.7 Å². The Bertz CT molecular complexity index is 576. The largest absolute Gasteiger partial charge is 0.370 e. The van der Waals surface area contributed by atoms with Gasteiger partial charge in [-0.3, -0.25) is 0 Å². The van der Waals surface area contributed by atoms with Gasteiger partial charge in [-0.25, -0.2) is 9.66 Å². The van der Waals surface area contributed by atoms with E-state index >= 15 is 0 Å². The van der Waals surface area contributed by atoms with Crippen LogP contribution in [-0.2, 0) is 10.5 Å². The van der Waals surface area contributed by atoms with Crippen molar-refractivity contribution in [3.63, 3.8) is 0 Å². The first-order chi connectivity index (χ1) is 9.74. The molecule has 6 nitrogen and oxygen atoms in total. The number of hydrogen-bond acceptors (Lipinski definition) is 7. The smallest absolute Gasteiger partial charge is 0.210 e. The number of aryl methyl sites for hydroxylation is 1. The first-order valence-corrected chi connectivity index (χ1v) is 8.46. The van der Waals surface area contributed by atoms with E-state index in [-0.39, 0.29) is 6.10 Å². The molecule has 1 atom stereocenters. The van der Waals surface area contributed by atoms with E-state index in [1.807, 2.05) is 6.92 Å². The number of nitrogens with two attached hydrogens (primary N) is 1. The molecule has 2 N–H and O–H groups in total. The zero-order valence-corrected chi connectivity index (χ0v) is 12.9. The summed E-state index contributed by atoms with van der Waals surface area (Å²) in [5.41, 5.74) is 1.05. The van der Waals surface area contributed by atoms with Crippen LogP contribution in [0.5, 0.6) is 0 Å². The van der Waals surface area contributed by atoms with Crippen molar-refractivity contribution in [2.45, 2.75) is 43.2 Å². The molecule has 2 aromatic rings. The predicted molar refractivity (Wildman–Crippen MR) is 79.1 cm³/mol. The molecule has 0 aliphatic carbocycles. The number of thiazole rings is 1. The molecule has 0 bridgehead atoms. The molecule has 1 saturated heterocycles. The topological polar surface area (TPSA) is 78.9 Å². The summed E-state index contributed by atoms with van der Waals surface area (Å²) in [6.07, 6.45) is 3.21. The minimum absolute atomic E-state index is 0.0166. The van der Waals surface area contributed by atoms with Crippen molar-refractivity contribution in [3.8, 4) is 0 Å². The molecule has 0 aromatic carbocycles. The predicted octanol–water partition coefficient (Wildman–Crippen LogP) is 2.29. The van der Waals surface area contributed by atoms with E-state index < -0.39 is 0 Å². The SMILES string of the molecule is Cc1nc(CSc2nnc([C@@H]3CCCCO3)n2N)cs1. The van der Waals surface area contributed by atoms with Crippen molar-refractivity contribution in [2.75, 3.05) is 12.4 Å². The van der Waals surface area contributed by atoms with Crippen LogP contribution in [-0.4, -0.2) is 26.5 Å². The second-order valence-corrected chi connectivity index (χ2v) is 6.72. The lowest BCUT2D eigenvalue weighted by molar-refractivity contribution is 0.00780. The molecule has 20 heavy (non-hydrogen) atoms. The average Bonchev–Trinajstić information content (AvgIpc) is 3.04. The molecule has 1 aliphatic heterocycles. The van der Waals surface area contributed by atoms with Gasteiger partial charge in [0.1, 0.15) is 6.10 Å². The van der Waals surface area contributed by atoms with E-state index in [1.165, 1.54) is 0 Å². The fourth-order valence-electron chi connectivity index (χ4n) is 2.16. The molecule has 0 unspecified atom stereocenters. The van der Waals surface area contributed by atoms with Gasteiger partial charge in [-0.05, 0) is 26.2 Å². The van der Waals surface area contributed by atoms with E-state index in [0.29, 0.717) is 5.16 Å². The van der Waals surface area contributed by atoms with Crippen molar-refractivity contribution in [3.05, 3.63) is 21.9 Å². The summed E-state index contributed by atoms with van der Waals surface area (Å²) in [5, 5.41) is 12.2. The number of rotatable bonds is 4. The highest BCUT2D eigenvalue weighted by Gasteiger charge is 2.23. The van der Waals surface area contributed by atoms with Crippen LogP contribution < -0.4 is 5.84 Å². The molecule has 0 saturated carbocycles. The Morgan fingerprint density at radius 2 is 2.40 bits per heavy atom. The van der Waals surface area contributed by atoms with Gasteiger partial charge in [-0.1, -0.05) is 11.8 Å². The normalized spacial score (nSPS) is 19.4. The Morgan fingerprint density at radius 1 is 1.50 bits per heavy atom. The zero-order valence-electron chi connectivity index (χ0n) is 11.3. The maximum absolute atomic E-state index is 6.08. The van der Waals surface area contributed by atoms with Crippen LogP contribution in [0, 0.1) is 6.92 Å². The number of nitrogens with zero attached hydrogens (tertiary/aromatic N) is 4.